The number of Topliss-reactive ketones (excluding diaryl/α,β-unsaturated/α-hetero) is 1. The molecule has 5 heteroatoms. The van der Waals surface area contributed by atoms with E-state index in [0.717, 1.165) is 12.3 Å². The zero-order valence-electron chi connectivity index (χ0n) is 8.50. The van der Waals surface area contributed by atoms with E-state index in [9.17, 15) is 9.18 Å². The van der Waals surface area contributed by atoms with Crippen LogP contribution in [0.25, 0.3) is 0 Å². The summed E-state index contributed by atoms with van der Waals surface area (Å²) < 4.78 is 14.0. The lowest BCUT2D eigenvalue weighted by molar-refractivity contribution is 0.0949. The van der Waals surface area contributed by atoms with Crippen molar-refractivity contribution in [3.63, 3.8) is 0 Å². The number of ketones is 1. The van der Waals surface area contributed by atoms with Crippen molar-refractivity contribution >= 4 is 33.5 Å². The summed E-state index contributed by atoms with van der Waals surface area (Å²) in [6.07, 6.45) is 0. The molecule has 1 saturated heterocycles. The van der Waals surface area contributed by atoms with E-state index in [-0.39, 0.29) is 17.4 Å². The second-order valence-corrected chi connectivity index (χ2v) is 5.55. The highest BCUT2D eigenvalue weighted by molar-refractivity contribution is 9.10. The molecule has 0 spiro atoms. The van der Waals surface area contributed by atoms with Gasteiger partial charge in [-0.05, 0) is 28.1 Å². The third-order valence-electron chi connectivity index (χ3n) is 2.46. The first kappa shape index (κ1) is 12.1. The van der Waals surface area contributed by atoms with Gasteiger partial charge >= 0.3 is 0 Å². The number of nitrogens with one attached hydrogen (secondary N) is 1. The third kappa shape index (κ3) is 2.47. The van der Waals surface area contributed by atoms with Gasteiger partial charge in [0.25, 0.3) is 0 Å². The largest absolute Gasteiger partial charge is 0.306 e. The van der Waals surface area contributed by atoms with Crippen LogP contribution in [0.1, 0.15) is 10.4 Å². The van der Waals surface area contributed by atoms with Crippen LogP contribution >= 0.6 is 27.7 Å². The predicted molar refractivity (Wildman–Crippen MR) is 67.5 cm³/mol. The van der Waals surface area contributed by atoms with E-state index < -0.39 is 5.82 Å². The summed E-state index contributed by atoms with van der Waals surface area (Å²) >= 11 is 4.80. The van der Waals surface area contributed by atoms with Gasteiger partial charge in [0.05, 0.1) is 16.1 Å². The van der Waals surface area contributed by atoms with Gasteiger partial charge in [-0.25, -0.2) is 4.39 Å². The van der Waals surface area contributed by atoms with E-state index in [2.05, 4.69) is 21.2 Å². The molecule has 0 saturated carbocycles. The van der Waals surface area contributed by atoms with Crippen LogP contribution in [-0.2, 0) is 0 Å². The van der Waals surface area contributed by atoms with Gasteiger partial charge in [0.1, 0.15) is 5.82 Å². The molecule has 0 aromatic heterocycles. The molecule has 1 aliphatic rings. The van der Waals surface area contributed by atoms with Crippen molar-refractivity contribution in [3.05, 3.63) is 34.1 Å². The minimum absolute atomic E-state index is 0.161. The quantitative estimate of drug-likeness (QED) is 0.851. The molecule has 1 N–H and O–H groups in total. The van der Waals surface area contributed by atoms with Gasteiger partial charge in [0, 0.05) is 18.1 Å². The molecule has 0 amide bonds. The number of carbonyl (C=O) groups excluding carboxylic acids is 1. The normalized spacial score (nSPS) is 20.8. The zero-order chi connectivity index (χ0) is 11.5. The minimum Gasteiger partial charge on any atom is -0.306 e. The minimum atomic E-state index is -0.468. The Kier molecular flexibility index (Phi) is 4.00. The number of hydrogen-bond acceptors (Lipinski definition) is 3. The summed E-state index contributed by atoms with van der Waals surface area (Å²) in [5.41, 5.74) is 0.161. The molecule has 1 aromatic carbocycles. The van der Waals surface area contributed by atoms with Crippen molar-refractivity contribution in [1.82, 2.24) is 5.32 Å². The third-order valence-corrected chi connectivity index (χ3v) is 4.13. The van der Waals surface area contributed by atoms with Gasteiger partial charge in [-0.15, -0.1) is 0 Å². The summed E-state index contributed by atoms with van der Waals surface area (Å²) in [7, 11) is 0. The molecule has 2 nitrogen and oxygen atoms in total. The van der Waals surface area contributed by atoms with Gasteiger partial charge in [-0.1, -0.05) is 6.07 Å². The molecule has 1 unspecified atom stereocenters. The van der Waals surface area contributed by atoms with Crippen LogP contribution in [0.5, 0.6) is 0 Å². The zero-order valence-corrected chi connectivity index (χ0v) is 10.9. The highest BCUT2D eigenvalue weighted by Gasteiger charge is 2.24. The highest BCUT2D eigenvalue weighted by atomic mass is 79.9. The molecule has 1 atom stereocenters. The lowest BCUT2D eigenvalue weighted by Crippen LogP contribution is -2.43. The van der Waals surface area contributed by atoms with Crippen molar-refractivity contribution in [1.29, 1.82) is 0 Å². The van der Waals surface area contributed by atoms with Gasteiger partial charge < -0.3 is 5.32 Å². The Morgan fingerprint density at radius 2 is 2.38 bits per heavy atom. The van der Waals surface area contributed by atoms with Crippen molar-refractivity contribution in [2.45, 2.75) is 6.04 Å². The van der Waals surface area contributed by atoms with E-state index in [1.165, 1.54) is 6.07 Å². The number of halogens is 2. The van der Waals surface area contributed by atoms with E-state index in [1.807, 2.05) is 0 Å². The first-order chi connectivity index (χ1) is 7.70. The first-order valence-corrected chi connectivity index (χ1v) is 6.94. The number of hydrogen-bond donors (Lipinski definition) is 1. The Morgan fingerprint density at radius 3 is 3.06 bits per heavy atom. The van der Waals surface area contributed by atoms with Crippen molar-refractivity contribution in [2.75, 3.05) is 18.1 Å². The Morgan fingerprint density at radius 1 is 1.56 bits per heavy atom. The molecule has 1 aliphatic heterocycles. The van der Waals surface area contributed by atoms with Gasteiger partial charge in [0.15, 0.2) is 5.78 Å². The molecule has 1 heterocycles. The maximum Gasteiger partial charge on any atom is 0.183 e. The van der Waals surface area contributed by atoms with Gasteiger partial charge in [0.2, 0.25) is 0 Å². The van der Waals surface area contributed by atoms with E-state index in [0.29, 0.717) is 10.2 Å². The molecule has 16 heavy (non-hydrogen) atoms. The summed E-state index contributed by atoms with van der Waals surface area (Å²) in [4.78, 5) is 12.0. The topological polar surface area (TPSA) is 29.1 Å². The van der Waals surface area contributed by atoms with Crippen LogP contribution in [0.15, 0.2) is 22.7 Å². The van der Waals surface area contributed by atoms with Crippen LogP contribution in [0.2, 0.25) is 0 Å². The fourth-order valence-electron chi connectivity index (χ4n) is 1.62. The Hall–Kier alpha value is -0.390. The number of benzene rings is 1. The lowest BCUT2D eigenvalue weighted by Gasteiger charge is -2.22. The smallest absolute Gasteiger partial charge is 0.183 e. The van der Waals surface area contributed by atoms with Crippen LogP contribution in [0, 0.1) is 5.82 Å². The SMILES string of the molecule is O=C(c1cccc(Br)c1F)C1CSCCN1. The molecule has 1 aromatic rings. The molecule has 0 bridgehead atoms. The van der Waals surface area contributed by atoms with Crippen LogP contribution in [-0.4, -0.2) is 29.9 Å². The number of thioether (sulfide) groups is 1. The fraction of sp³-hybridized carbons (Fsp3) is 0.364. The first-order valence-electron chi connectivity index (χ1n) is 4.99. The summed E-state index contributed by atoms with van der Waals surface area (Å²) in [5.74, 6) is 1.09. The van der Waals surface area contributed by atoms with E-state index >= 15 is 0 Å². The monoisotopic (exact) mass is 303 g/mol. The fourth-order valence-corrected chi connectivity index (χ4v) is 2.92. The maximum atomic E-state index is 13.7. The van der Waals surface area contributed by atoms with E-state index in [4.69, 9.17) is 0 Å². The molecule has 2 rings (SSSR count). The van der Waals surface area contributed by atoms with Crippen LogP contribution < -0.4 is 5.32 Å². The van der Waals surface area contributed by atoms with Crippen molar-refractivity contribution in [2.24, 2.45) is 0 Å². The average molecular weight is 304 g/mol. The molecule has 0 radical (unpaired) electrons. The second kappa shape index (κ2) is 5.29. The number of rotatable bonds is 2. The highest BCUT2D eigenvalue weighted by Crippen LogP contribution is 2.21. The molecular weight excluding hydrogens is 293 g/mol. The standard InChI is InChI=1S/C11H11BrFNOS/c12-8-3-1-2-7(10(8)13)11(15)9-6-16-5-4-14-9/h1-3,9,14H,4-6H2. The maximum absolute atomic E-state index is 13.7. The lowest BCUT2D eigenvalue weighted by atomic mass is 10.0. The van der Waals surface area contributed by atoms with Crippen molar-refractivity contribution < 1.29 is 9.18 Å². The van der Waals surface area contributed by atoms with Crippen LogP contribution in [0.4, 0.5) is 4.39 Å². The summed E-state index contributed by atoms with van der Waals surface area (Å²) in [6.45, 7) is 0.802. The van der Waals surface area contributed by atoms with Crippen LogP contribution in [0.3, 0.4) is 0 Å². The molecular formula is C11H11BrFNOS. The summed E-state index contributed by atoms with van der Waals surface area (Å²) in [6, 6.07) is 4.54. The Balaban J connectivity index is 2.22. The number of carbonyl (C=O) groups is 1. The Bertz CT molecular complexity index is 407. The van der Waals surface area contributed by atoms with Crippen molar-refractivity contribution in [3.8, 4) is 0 Å². The molecule has 86 valence electrons. The average Bonchev–Trinajstić information content (AvgIpc) is 2.33. The van der Waals surface area contributed by atoms with Gasteiger partial charge in [-0.3, -0.25) is 4.79 Å². The summed E-state index contributed by atoms with van der Waals surface area (Å²) in [5, 5.41) is 3.11. The molecule has 1 fully saturated rings. The van der Waals surface area contributed by atoms with Gasteiger partial charge in [-0.2, -0.15) is 11.8 Å². The second-order valence-electron chi connectivity index (χ2n) is 3.55. The van der Waals surface area contributed by atoms with E-state index in [1.54, 1.807) is 23.9 Å². The predicted octanol–water partition coefficient (Wildman–Crippen LogP) is 2.48. The molecule has 0 aliphatic carbocycles. The Labute approximate surface area is 106 Å².